The number of dihydropyridines is 1. The van der Waals surface area contributed by atoms with Crippen LogP contribution in [0.1, 0.15) is 11.3 Å². The van der Waals surface area contributed by atoms with E-state index in [1.807, 2.05) is 25.1 Å². The topological polar surface area (TPSA) is 76.3 Å². The maximum atomic E-state index is 12.0. The Morgan fingerprint density at radius 1 is 1.26 bits per heavy atom. The fourth-order valence-electron chi connectivity index (χ4n) is 4.63. The molecule has 2 aliphatic rings. The number of hydrogen-bond donors (Lipinski definition) is 3. The SMILES string of the molecule is C=CC(=O)Nc1cc(-c2c(C3=CNC(N4CCN(C)CC4)C=C3)[nH]c3nccc(Cl)c23)ccc1C. The van der Waals surface area contributed by atoms with Gasteiger partial charge in [0.25, 0.3) is 0 Å². The van der Waals surface area contributed by atoms with Gasteiger partial charge in [-0.05, 0) is 49.4 Å². The molecule has 2 aliphatic heterocycles. The molecule has 1 amide bonds. The average Bonchev–Trinajstić information content (AvgIpc) is 3.27. The normalized spacial score (nSPS) is 18.8. The molecule has 35 heavy (non-hydrogen) atoms. The molecular formula is C27H29ClN6O. The number of likely N-dealkylation sites (N-methyl/N-ethyl adjacent to an activating group) is 1. The number of nitrogens with one attached hydrogen (secondary N) is 3. The van der Waals surface area contributed by atoms with Crippen molar-refractivity contribution in [1.82, 2.24) is 25.1 Å². The lowest BCUT2D eigenvalue weighted by atomic mass is 9.96. The number of aromatic nitrogens is 2. The largest absolute Gasteiger partial charge is 0.372 e. The number of anilines is 1. The molecule has 0 saturated carbocycles. The Morgan fingerprint density at radius 3 is 2.77 bits per heavy atom. The highest BCUT2D eigenvalue weighted by Gasteiger charge is 2.24. The van der Waals surface area contributed by atoms with Crippen LogP contribution >= 0.6 is 11.6 Å². The molecule has 4 heterocycles. The van der Waals surface area contributed by atoms with Crippen molar-refractivity contribution < 1.29 is 4.79 Å². The molecule has 3 N–H and O–H groups in total. The van der Waals surface area contributed by atoms with Gasteiger partial charge in [-0.25, -0.2) is 4.98 Å². The van der Waals surface area contributed by atoms with Crippen LogP contribution in [0.5, 0.6) is 0 Å². The van der Waals surface area contributed by atoms with Crippen LogP contribution in [-0.2, 0) is 4.79 Å². The second-order valence-corrected chi connectivity index (χ2v) is 9.43. The second kappa shape index (κ2) is 9.70. The first kappa shape index (κ1) is 23.4. The summed E-state index contributed by atoms with van der Waals surface area (Å²) in [5.74, 6) is -0.249. The number of carbonyl (C=O) groups is 1. The Bertz CT molecular complexity index is 1350. The van der Waals surface area contributed by atoms with E-state index in [9.17, 15) is 4.79 Å². The number of hydrogen-bond acceptors (Lipinski definition) is 5. The molecule has 0 aliphatic carbocycles. The number of fused-ring (bicyclic) bond motifs is 1. The first-order chi connectivity index (χ1) is 16.9. The standard InChI is InChI=1S/C27H29ClN6O/c1-4-23(35)31-21-15-18(6-5-17(21)2)24-25-20(28)9-10-29-27(25)32-26(24)19-7-8-22(30-16-19)34-13-11-33(3)12-14-34/h4-10,15-16,22,30H,1,11-14H2,2-3H3,(H,29,32)(H,31,35). The number of pyridine rings is 1. The van der Waals surface area contributed by atoms with Crippen molar-refractivity contribution in [2.75, 3.05) is 38.5 Å². The van der Waals surface area contributed by atoms with Crippen LogP contribution in [0.25, 0.3) is 27.7 Å². The zero-order chi connectivity index (χ0) is 24.5. The van der Waals surface area contributed by atoms with Crippen molar-refractivity contribution in [3.63, 3.8) is 0 Å². The molecule has 1 aromatic carbocycles. The first-order valence-electron chi connectivity index (χ1n) is 11.7. The number of aromatic amines is 1. The number of amides is 1. The van der Waals surface area contributed by atoms with Crippen molar-refractivity contribution in [2.45, 2.75) is 13.1 Å². The van der Waals surface area contributed by atoms with Crippen molar-refractivity contribution in [2.24, 2.45) is 0 Å². The third-order valence-electron chi connectivity index (χ3n) is 6.70. The van der Waals surface area contributed by atoms with Crippen molar-refractivity contribution in [3.05, 3.63) is 77.7 Å². The van der Waals surface area contributed by atoms with Crippen molar-refractivity contribution >= 4 is 39.8 Å². The molecule has 1 fully saturated rings. The summed E-state index contributed by atoms with van der Waals surface area (Å²) in [6, 6.07) is 7.81. The molecule has 3 aromatic rings. The van der Waals surface area contributed by atoms with E-state index >= 15 is 0 Å². The fraction of sp³-hybridized carbons (Fsp3) is 0.259. The van der Waals surface area contributed by atoms with Crippen LogP contribution in [0.4, 0.5) is 5.69 Å². The van der Waals surface area contributed by atoms with Gasteiger partial charge in [-0.1, -0.05) is 36.4 Å². The molecule has 180 valence electrons. The summed E-state index contributed by atoms with van der Waals surface area (Å²) in [5, 5.41) is 7.93. The molecule has 0 spiro atoms. The number of allylic oxidation sites excluding steroid dienone is 2. The summed E-state index contributed by atoms with van der Waals surface area (Å²) in [5.41, 5.74) is 6.22. The van der Waals surface area contributed by atoms with Gasteiger partial charge in [-0.15, -0.1) is 0 Å². The van der Waals surface area contributed by atoms with Gasteiger partial charge in [0, 0.05) is 60.8 Å². The van der Waals surface area contributed by atoms with Gasteiger partial charge < -0.3 is 20.5 Å². The van der Waals surface area contributed by atoms with Crippen LogP contribution in [0.2, 0.25) is 5.02 Å². The number of H-pyrrole nitrogens is 1. The smallest absolute Gasteiger partial charge is 0.247 e. The lowest BCUT2D eigenvalue weighted by molar-refractivity contribution is -0.111. The monoisotopic (exact) mass is 488 g/mol. The van der Waals surface area contributed by atoms with Gasteiger partial charge in [0.2, 0.25) is 5.91 Å². The molecule has 1 atom stereocenters. The van der Waals surface area contributed by atoms with Gasteiger partial charge >= 0.3 is 0 Å². The Kier molecular flexibility index (Phi) is 6.47. The number of rotatable bonds is 5. The summed E-state index contributed by atoms with van der Waals surface area (Å²) < 4.78 is 0. The summed E-state index contributed by atoms with van der Waals surface area (Å²) in [4.78, 5) is 24.8. The molecular weight excluding hydrogens is 460 g/mol. The summed E-state index contributed by atoms with van der Waals surface area (Å²) >= 11 is 6.67. The summed E-state index contributed by atoms with van der Waals surface area (Å²) in [6.45, 7) is 9.71. The van der Waals surface area contributed by atoms with Crippen LogP contribution in [0.3, 0.4) is 0 Å². The number of nitrogens with zero attached hydrogens (tertiary/aromatic N) is 3. The van der Waals surface area contributed by atoms with E-state index in [0.717, 1.165) is 70.9 Å². The van der Waals surface area contributed by atoms with E-state index in [1.54, 1.807) is 12.3 Å². The minimum Gasteiger partial charge on any atom is -0.372 e. The number of benzene rings is 1. The quantitative estimate of drug-likeness (QED) is 0.464. The van der Waals surface area contributed by atoms with Crippen molar-refractivity contribution in [1.29, 1.82) is 0 Å². The Morgan fingerprint density at radius 2 is 2.06 bits per heavy atom. The van der Waals surface area contributed by atoms with E-state index < -0.39 is 0 Å². The van der Waals surface area contributed by atoms with Crippen molar-refractivity contribution in [3.8, 4) is 11.1 Å². The molecule has 8 heteroatoms. The van der Waals surface area contributed by atoms with Crippen LogP contribution in [0, 0.1) is 6.92 Å². The summed E-state index contributed by atoms with van der Waals surface area (Å²) in [7, 11) is 2.16. The highest BCUT2D eigenvalue weighted by Crippen LogP contribution is 2.40. The number of halogens is 1. The maximum Gasteiger partial charge on any atom is 0.247 e. The molecule has 5 rings (SSSR count). The van der Waals surface area contributed by atoms with Gasteiger partial charge in [-0.2, -0.15) is 0 Å². The third-order valence-corrected chi connectivity index (χ3v) is 7.02. The zero-order valence-electron chi connectivity index (χ0n) is 19.9. The molecule has 1 saturated heterocycles. The van der Waals surface area contributed by atoms with Gasteiger partial charge in [-0.3, -0.25) is 9.69 Å². The maximum absolute atomic E-state index is 12.0. The lowest BCUT2D eigenvalue weighted by Crippen LogP contribution is -2.52. The van der Waals surface area contributed by atoms with Gasteiger partial charge in [0.1, 0.15) is 5.65 Å². The Labute approximate surface area is 210 Å². The highest BCUT2D eigenvalue weighted by molar-refractivity contribution is 6.36. The number of aryl methyl sites for hydroxylation is 1. The van der Waals surface area contributed by atoms with Crippen LogP contribution < -0.4 is 10.6 Å². The minimum absolute atomic E-state index is 0.169. The van der Waals surface area contributed by atoms with Crippen LogP contribution in [-0.4, -0.2) is 65.1 Å². The predicted molar refractivity (Wildman–Crippen MR) is 143 cm³/mol. The van der Waals surface area contributed by atoms with Crippen LogP contribution in [0.15, 0.2) is 61.5 Å². The van der Waals surface area contributed by atoms with Gasteiger partial charge in [0.15, 0.2) is 0 Å². The second-order valence-electron chi connectivity index (χ2n) is 9.02. The van der Waals surface area contributed by atoms with Gasteiger partial charge in [0.05, 0.1) is 16.9 Å². The van der Waals surface area contributed by atoms with E-state index in [4.69, 9.17) is 11.6 Å². The van der Waals surface area contributed by atoms with E-state index in [0.29, 0.717) is 5.02 Å². The Hall–Kier alpha value is -3.39. The van der Waals surface area contributed by atoms with E-state index in [-0.39, 0.29) is 12.1 Å². The lowest BCUT2D eigenvalue weighted by Gasteiger charge is -2.37. The fourth-order valence-corrected chi connectivity index (χ4v) is 4.87. The molecule has 0 bridgehead atoms. The highest BCUT2D eigenvalue weighted by atomic mass is 35.5. The van der Waals surface area contributed by atoms with E-state index in [2.05, 4.69) is 62.4 Å². The molecule has 2 aromatic heterocycles. The first-order valence-corrected chi connectivity index (χ1v) is 12.1. The predicted octanol–water partition coefficient (Wildman–Crippen LogP) is 4.39. The third kappa shape index (κ3) is 4.62. The summed E-state index contributed by atoms with van der Waals surface area (Å²) in [6.07, 6.45) is 9.55. The minimum atomic E-state index is -0.249. The molecule has 0 radical (unpaired) electrons. The Balaban J connectivity index is 1.54. The number of piperazine rings is 1. The molecule has 7 nitrogen and oxygen atoms in total. The average molecular weight is 489 g/mol. The zero-order valence-corrected chi connectivity index (χ0v) is 20.7. The van der Waals surface area contributed by atoms with E-state index in [1.165, 1.54) is 6.08 Å². The number of carbonyl (C=O) groups excluding carboxylic acids is 1. The molecule has 1 unspecified atom stereocenters.